The molecule has 2 unspecified atom stereocenters. The van der Waals surface area contributed by atoms with E-state index >= 15 is 0 Å². The van der Waals surface area contributed by atoms with Gasteiger partial charge in [0.1, 0.15) is 5.76 Å². The molecule has 17 heavy (non-hydrogen) atoms. The van der Waals surface area contributed by atoms with Crippen molar-refractivity contribution in [3.05, 3.63) is 34.5 Å². The van der Waals surface area contributed by atoms with Gasteiger partial charge in [-0.05, 0) is 18.4 Å². The highest BCUT2D eigenvalue weighted by Crippen LogP contribution is 2.51. The lowest BCUT2D eigenvalue weighted by molar-refractivity contribution is 0.384. The SMILES string of the molecule is CC1CC1c1onc(N)c1-c1ccccc1Br. The molecule has 0 radical (unpaired) electrons. The molecule has 1 aromatic carbocycles. The van der Waals surface area contributed by atoms with Crippen molar-refractivity contribution in [2.75, 3.05) is 5.73 Å². The largest absolute Gasteiger partial charge is 0.380 e. The maximum atomic E-state index is 5.93. The number of anilines is 1. The molecule has 1 aromatic heterocycles. The summed E-state index contributed by atoms with van der Waals surface area (Å²) in [7, 11) is 0. The lowest BCUT2D eigenvalue weighted by Crippen LogP contribution is -1.91. The summed E-state index contributed by atoms with van der Waals surface area (Å²) in [5.41, 5.74) is 7.93. The Kier molecular flexibility index (Phi) is 2.47. The minimum absolute atomic E-state index is 0.474. The third kappa shape index (κ3) is 1.76. The number of rotatable bonds is 2. The van der Waals surface area contributed by atoms with Crippen molar-refractivity contribution in [2.24, 2.45) is 5.92 Å². The summed E-state index contributed by atoms with van der Waals surface area (Å²) in [6.45, 7) is 2.22. The lowest BCUT2D eigenvalue weighted by Gasteiger charge is -2.04. The Balaban J connectivity index is 2.14. The van der Waals surface area contributed by atoms with Crippen LogP contribution in [-0.2, 0) is 0 Å². The molecule has 2 aromatic rings. The van der Waals surface area contributed by atoms with Crippen molar-refractivity contribution in [1.29, 1.82) is 0 Å². The summed E-state index contributed by atoms with van der Waals surface area (Å²) >= 11 is 3.55. The van der Waals surface area contributed by atoms with E-state index in [-0.39, 0.29) is 0 Å². The molecule has 2 atom stereocenters. The Morgan fingerprint density at radius 3 is 2.76 bits per heavy atom. The molecule has 0 aliphatic heterocycles. The van der Waals surface area contributed by atoms with E-state index < -0.39 is 0 Å². The van der Waals surface area contributed by atoms with Gasteiger partial charge >= 0.3 is 0 Å². The maximum Gasteiger partial charge on any atom is 0.175 e. The molecule has 1 aliphatic rings. The topological polar surface area (TPSA) is 52.0 Å². The highest BCUT2D eigenvalue weighted by atomic mass is 79.9. The van der Waals surface area contributed by atoms with E-state index in [4.69, 9.17) is 10.3 Å². The first-order valence-corrected chi connectivity index (χ1v) is 6.47. The molecule has 1 saturated carbocycles. The van der Waals surface area contributed by atoms with Crippen LogP contribution in [0.25, 0.3) is 11.1 Å². The summed E-state index contributed by atoms with van der Waals surface area (Å²) < 4.78 is 6.42. The minimum atomic E-state index is 0.474. The number of nitrogens with zero attached hydrogens (tertiary/aromatic N) is 1. The van der Waals surface area contributed by atoms with Gasteiger partial charge < -0.3 is 10.3 Å². The monoisotopic (exact) mass is 292 g/mol. The van der Waals surface area contributed by atoms with Crippen LogP contribution in [0.2, 0.25) is 0 Å². The smallest absolute Gasteiger partial charge is 0.175 e. The summed E-state index contributed by atoms with van der Waals surface area (Å²) in [6.07, 6.45) is 1.16. The van der Waals surface area contributed by atoms with E-state index in [2.05, 4.69) is 28.0 Å². The summed E-state index contributed by atoms with van der Waals surface area (Å²) in [5, 5.41) is 3.91. The van der Waals surface area contributed by atoms with Crippen LogP contribution in [0.5, 0.6) is 0 Å². The molecule has 0 amide bonds. The highest BCUT2D eigenvalue weighted by molar-refractivity contribution is 9.10. The Bertz CT molecular complexity index is 564. The van der Waals surface area contributed by atoms with Gasteiger partial charge in [-0.3, -0.25) is 0 Å². The van der Waals surface area contributed by atoms with Crippen LogP contribution < -0.4 is 5.73 Å². The fourth-order valence-corrected chi connectivity index (χ4v) is 2.67. The van der Waals surface area contributed by atoms with Crippen LogP contribution in [-0.4, -0.2) is 5.16 Å². The predicted molar refractivity (Wildman–Crippen MR) is 70.6 cm³/mol. The molecule has 3 nitrogen and oxygen atoms in total. The van der Waals surface area contributed by atoms with Crippen LogP contribution in [0.1, 0.15) is 25.0 Å². The Labute approximate surface area is 108 Å². The standard InChI is InChI=1S/C13H13BrN2O/c1-7-6-9(7)12-11(13(15)16-17-12)8-4-2-3-5-10(8)14/h2-5,7,9H,6H2,1H3,(H2,15,16). The molecule has 2 N–H and O–H groups in total. The number of nitrogens with two attached hydrogens (primary N) is 1. The zero-order chi connectivity index (χ0) is 12.0. The Morgan fingerprint density at radius 1 is 1.41 bits per heavy atom. The van der Waals surface area contributed by atoms with Gasteiger partial charge in [0.2, 0.25) is 0 Å². The van der Waals surface area contributed by atoms with Gasteiger partial charge in [-0.15, -0.1) is 0 Å². The van der Waals surface area contributed by atoms with Crippen LogP contribution in [0, 0.1) is 5.92 Å². The van der Waals surface area contributed by atoms with E-state index in [9.17, 15) is 0 Å². The van der Waals surface area contributed by atoms with Gasteiger partial charge in [0.25, 0.3) is 0 Å². The molecule has 1 aliphatic carbocycles. The predicted octanol–water partition coefficient (Wildman–Crippen LogP) is 3.81. The van der Waals surface area contributed by atoms with Gasteiger partial charge in [-0.1, -0.05) is 46.2 Å². The van der Waals surface area contributed by atoms with Gasteiger partial charge in [-0.2, -0.15) is 0 Å². The highest BCUT2D eigenvalue weighted by Gasteiger charge is 2.40. The molecular weight excluding hydrogens is 280 g/mol. The minimum Gasteiger partial charge on any atom is -0.380 e. The van der Waals surface area contributed by atoms with Crippen molar-refractivity contribution < 1.29 is 4.52 Å². The van der Waals surface area contributed by atoms with Crippen molar-refractivity contribution >= 4 is 21.7 Å². The van der Waals surface area contributed by atoms with E-state index in [1.54, 1.807) is 0 Å². The average Bonchev–Trinajstić information content (AvgIpc) is 2.90. The zero-order valence-electron chi connectivity index (χ0n) is 9.48. The van der Waals surface area contributed by atoms with Gasteiger partial charge in [0.15, 0.2) is 5.82 Å². The Morgan fingerprint density at radius 2 is 2.12 bits per heavy atom. The quantitative estimate of drug-likeness (QED) is 0.916. The number of benzene rings is 1. The summed E-state index contributed by atoms with van der Waals surface area (Å²) in [4.78, 5) is 0. The molecule has 0 bridgehead atoms. The molecule has 1 fully saturated rings. The number of hydrogen-bond donors (Lipinski definition) is 1. The van der Waals surface area contributed by atoms with Crippen LogP contribution >= 0.6 is 15.9 Å². The summed E-state index contributed by atoms with van der Waals surface area (Å²) in [5.74, 6) is 2.55. The molecule has 1 heterocycles. The molecule has 88 valence electrons. The Hall–Kier alpha value is -1.29. The average molecular weight is 293 g/mol. The van der Waals surface area contributed by atoms with Crippen molar-refractivity contribution in [2.45, 2.75) is 19.3 Å². The fraction of sp³-hybridized carbons (Fsp3) is 0.308. The van der Waals surface area contributed by atoms with E-state index in [1.165, 1.54) is 0 Å². The van der Waals surface area contributed by atoms with Crippen molar-refractivity contribution in [3.8, 4) is 11.1 Å². The second-order valence-corrected chi connectivity index (χ2v) is 5.46. The number of hydrogen-bond acceptors (Lipinski definition) is 3. The van der Waals surface area contributed by atoms with E-state index in [0.29, 0.717) is 17.7 Å². The third-order valence-corrected chi connectivity index (χ3v) is 4.03. The first kappa shape index (κ1) is 10.8. The molecule has 0 spiro atoms. The molecule has 0 saturated heterocycles. The van der Waals surface area contributed by atoms with Gasteiger partial charge in [-0.25, -0.2) is 0 Å². The van der Waals surface area contributed by atoms with Crippen LogP contribution in [0.3, 0.4) is 0 Å². The number of nitrogen functional groups attached to an aromatic ring is 1. The van der Waals surface area contributed by atoms with Crippen molar-refractivity contribution in [3.63, 3.8) is 0 Å². The van der Waals surface area contributed by atoms with Crippen molar-refractivity contribution in [1.82, 2.24) is 5.16 Å². The molecule has 4 heteroatoms. The summed E-state index contributed by atoms with van der Waals surface area (Å²) in [6, 6.07) is 8.01. The fourth-order valence-electron chi connectivity index (χ4n) is 2.19. The third-order valence-electron chi connectivity index (χ3n) is 3.33. The first-order valence-electron chi connectivity index (χ1n) is 5.68. The van der Waals surface area contributed by atoms with Gasteiger partial charge in [0.05, 0.1) is 5.56 Å². The second-order valence-electron chi connectivity index (χ2n) is 4.61. The van der Waals surface area contributed by atoms with Gasteiger partial charge in [0, 0.05) is 16.0 Å². The first-order chi connectivity index (χ1) is 8.18. The normalized spacial score (nSPS) is 22.7. The molecule has 3 rings (SSSR count). The van der Waals surface area contributed by atoms with E-state index in [1.807, 2.05) is 24.3 Å². The lowest BCUT2D eigenvalue weighted by atomic mass is 10.0. The number of aromatic nitrogens is 1. The van der Waals surface area contributed by atoms with Crippen LogP contribution in [0.15, 0.2) is 33.3 Å². The van der Waals surface area contributed by atoms with E-state index in [0.717, 1.165) is 27.8 Å². The maximum absolute atomic E-state index is 5.93. The zero-order valence-corrected chi connectivity index (χ0v) is 11.1. The molecular formula is C13H13BrN2O. The van der Waals surface area contributed by atoms with Crippen LogP contribution in [0.4, 0.5) is 5.82 Å². The second kappa shape index (κ2) is 3.88. The number of halogens is 1.